The molecule has 8 nitrogen and oxygen atoms in total. The molecule has 1 unspecified atom stereocenters. The Morgan fingerprint density at radius 1 is 0.921 bits per heavy atom. The van der Waals surface area contributed by atoms with E-state index >= 15 is 0 Å². The number of piperidine rings is 1. The first-order chi connectivity index (χ1) is 18.3. The number of nitrogens with one attached hydrogen (secondary N) is 2. The first-order valence-electron chi connectivity index (χ1n) is 14.8. The van der Waals surface area contributed by atoms with Crippen molar-refractivity contribution in [2.45, 2.75) is 121 Å². The zero-order valence-corrected chi connectivity index (χ0v) is 23.4. The number of anilines is 1. The van der Waals surface area contributed by atoms with Gasteiger partial charge in [-0.05, 0) is 71.4 Å². The molecular weight excluding hydrogens is 478 g/mol. The number of nitrogens with zero attached hydrogens (tertiary/aromatic N) is 3. The second-order valence-corrected chi connectivity index (χ2v) is 12.4. The second kappa shape index (κ2) is 11.6. The molecule has 2 saturated heterocycles. The van der Waals surface area contributed by atoms with Gasteiger partial charge in [-0.25, -0.2) is 9.78 Å². The summed E-state index contributed by atoms with van der Waals surface area (Å²) in [4.78, 5) is 33.3. The Balaban J connectivity index is 1.31. The maximum atomic E-state index is 13.8. The highest BCUT2D eigenvalue weighted by Crippen LogP contribution is 2.44. The lowest BCUT2D eigenvalue weighted by atomic mass is 9.89. The van der Waals surface area contributed by atoms with Crippen molar-refractivity contribution in [3.05, 3.63) is 34.6 Å². The molecule has 1 amide bonds. The van der Waals surface area contributed by atoms with E-state index in [1.807, 2.05) is 49.6 Å². The number of amides is 1. The van der Waals surface area contributed by atoms with Crippen molar-refractivity contribution in [3.8, 4) is 0 Å². The molecule has 1 saturated carbocycles. The predicted molar refractivity (Wildman–Crippen MR) is 152 cm³/mol. The molecule has 3 atom stereocenters. The average molecular weight is 524 g/mol. The molecule has 2 aliphatic heterocycles. The Labute approximate surface area is 226 Å². The topological polar surface area (TPSA) is 88.5 Å². The molecule has 2 N–H and O–H groups in total. The lowest BCUT2D eigenvalue weighted by molar-refractivity contribution is 0.0498. The van der Waals surface area contributed by atoms with Crippen LogP contribution < -0.4 is 16.2 Å². The summed E-state index contributed by atoms with van der Waals surface area (Å²) in [6, 6.07) is 10.0. The SMILES string of the molecule is CC(C)(C)OC(=O)NCCNc1nc2ccccc2n(C2C[C@H]3CC[C@@H](C2)N3C2CCCCCCC2)c1=O. The summed E-state index contributed by atoms with van der Waals surface area (Å²) in [7, 11) is 0. The fraction of sp³-hybridized carbons (Fsp3) is 0.700. The molecule has 1 aliphatic carbocycles. The molecular formula is C30H45N5O3. The number of ether oxygens (including phenoxy) is 1. The maximum Gasteiger partial charge on any atom is 0.407 e. The minimum Gasteiger partial charge on any atom is -0.444 e. The number of hydrogen-bond donors (Lipinski definition) is 2. The van der Waals surface area contributed by atoms with Crippen molar-refractivity contribution < 1.29 is 9.53 Å². The fourth-order valence-corrected chi connectivity index (χ4v) is 7.02. The molecule has 5 rings (SSSR count). The van der Waals surface area contributed by atoms with Crippen LogP contribution in [0.2, 0.25) is 0 Å². The highest BCUT2D eigenvalue weighted by Gasteiger charge is 2.44. The van der Waals surface area contributed by atoms with E-state index in [4.69, 9.17) is 4.74 Å². The Kier molecular flexibility index (Phi) is 8.26. The van der Waals surface area contributed by atoms with Crippen LogP contribution in [0.25, 0.3) is 11.0 Å². The number of hydrogen-bond acceptors (Lipinski definition) is 6. The Bertz CT molecular complexity index is 1150. The van der Waals surface area contributed by atoms with Gasteiger partial charge >= 0.3 is 6.09 Å². The number of benzene rings is 1. The van der Waals surface area contributed by atoms with E-state index in [-0.39, 0.29) is 11.6 Å². The van der Waals surface area contributed by atoms with Gasteiger partial charge in [0.15, 0.2) is 5.82 Å². The Morgan fingerprint density at radius 3 is 2.26 bits per heavy atom. The molecule has 3 aliphatic rings. The number of alkyl carbamates (subject to hydrolysis) is 1. The quantitative estimate of drug-likeness (QED) is 0.478. The van der Waals surface area contributed by atoms with Crippen molar-refractivity contribution in [2.75, 3.05) is 18.4 Å². The van der Waals surface area contributed by atoms with Crippen LogP contribution in [-0.4, -0.2) is 57.4 Å². The van der Waals surface area contributed by atoms with Gasteiger partial charge in [-0.3, -0.25) is 9.69 Å². The number of para-hydroxylation sites is 2. The fourth-order valence-electron chi connectivity index (χ4n) is 7.02. The molecule has 38 heavy (non-hydrogen) atoms. The van der Waals surface area contributed by atoms with Gasteiger partial charge in [-0.2, -0.15) is 0 Å². The predicted octanol–water partition coefficient (Wildman–Crippen LogP) is 5.61. The monoisotopic (exact) mass is 523 g/mol. The largest absolute Gasteiger partial charge is 0.444 e. The zero-order chi connectivity index (χ0) is 26.7. The number of aromatic nitrogens is 2. The van der Waals surface area contributed by atoms with Gasteiger partial charge in [-0.15, -0.1) is 0 Å². The van der Waals surface area contributed by atoms with E-state index in [1.165, 1.54) is 57.8 Å². The van der Waals surface area contributed by atoms with Gasteiger partial charge in [0.1, 0.15) is 5.60 Å². The second-order valence-electron chi connectivity index (χ2n) is 12.4. The molecule has 3 heterocycles. The summed E-state index contributed by atoms with van der Waals surface area (Å²) in [5.74, 6) is 0.351. The average Bonchev–Trinajstić information content (AvgIpc) is 3.09. The molecule has 8 heteroatoms. The van der Waals surface area contributed by atoms with Gasteiger partial charge in [-0.1, -0.05) is 44.2 Å². The van der Waals surface area contributed by atoms with Crippen LogP contribution >= 0.6 is 0 Å². The Morgan fingerprint density at radius 2 is 1.58 bits per heavy atom. The maximum absolute atomic E-state index is 13.8. The van der Waals surface area contributed by atoms with Crippen molar-refractivity contribution >= 4 is 22.9 Å². The third kappa shape index (κ3) is 6.16. The summed E-state index contributed by atoms with van der Waals surface area (Å²) >= 11 is 0. The van der Waals surface area contributed by atoms with Gasteiger partial charge in [0, 0.05) is 37.3 Å². The number of carbonyl (C=O) groups excluding carboxylic acids is 1. The molecule has 0 spiro atoms. The van der Waals surface area contributed by atoms with Crippen LogP contribution in [0.15, 0.2) is 29.1 Å². The highest BCUT2D eigenvalue weighted by atomic mass is 16.6. The van der Waals surface area contributed by atoms with Crippen LogP contribution in [0.3, 0.4) is 0 Å². The first-order valence-corrected chi connectivity index (χ1v) is 14.8. The molecule has 1 aromatic heterocycles. The summed E-state index contributed by atoms with van der Waals surface area (Å²) in [5, 5.41) is 5.93. The normalized spacial score (nSPS) is 25.1. The lowest BCUT2D eigenvalue weighted by Crippen LogP contribution is -2.50. The van der Waals surface area contributed by atoms with Crippen molar-refractivity contribution in [2.24, 2.45) is 0 Å². The molecule has 3 fully saturated rings. The molecule has 1 aromatic carbocycles. The standard InChI is InChI=1S/C30H45N5O3/c1-30(2,3)38-29(37)32-18-17-31-27-28(36)35(26-14-10-9-13-25(26)33-27)24-19-22-15-16-23(20-24)34(22)21-11-7-5-4-6-8-12-21/h9-10,13-14,21-24H,4-8,11-12,15-20H2,1-3H3,(H,31,33)(H,32,37)/t22-,23+,24?. The van der Waals surface area contributed by atoms with Crippen molar-refractivity contribution in [3.63, 3.8) is 0 Å². The summed E-state index contributed by atoms with van der Waals surface area (Å²) in [5.41, 5.74) is 1.13. The third-order valence-corrected chi connectivity index (χ3v) is 8.51. The molecule has 2 aromatic rings. The van der Waals surface area contributed by atoms with Crippen molar-refractivity contribution in [1.82, 2.24) is 19.8 Å². The van der Waals surface area contributed by atoms with Gasteiger partial charge in [0.25, 0.3) is 5.56 Å². The van der Waals surface area contributed by atoms with Crippen LogP contribution in [0, 0.1) is 0 Å². The van der Waals surface area contributed by atoms with E-state index in [9.17, 15) is 9.59 Å². The number of carbonyl (C=O) groups is 1. The molecule has 0 radical (unpaired) electrons. The van der Waals surface area contributed by atoms with Gasteiger partial charge in [0.2, 0.25) is 0 Å². The van der Waals surface area contributed by atoms with Gasteiger partial charge in [0.05, 0.1) is 11.0 Å². The van der Waals surface area contributed by atoms with E-state index in [2.05, 4.69) is 20.5 Å². The summed E-state index contributed by atoms with van der Waals surface area (Å²) in [6.45, 7) is 6.24. The van der Waals surface area contributed by atoms with E-state index < -0.39 is 11.7 Å². The molecule has 208 valence electrons. The zero-order valence-electron chi connectivity index (χ0n) is 23.4. The summed E-state index contributed by atoms with van der Waals surface area (Å²) in [6.07, 6.45) is 13.6. The lowest BCUT2D eigenvalue weighted by Gasteiger charge is -2.45. The highest BCUT2D eigenvalue weighted by molar-refractivity contribution is 5.76. The smallest absolute Gasteiger partial charge is 0.407 e. The van der Waals surface area contributed by atoms with Crippen LogP contribution in [0.5, 0.6) is 0 Å². The van der Waals surface area contributed by atoms with Crippen LogP contribution in [0.1, 0.15) is 97.4 Å². The third-order valence-electron chi connectivity index (χ3n) is 8.51. The van der Waals surface area contributed by atoms with E-state index in [0.29, 0.717) is 37.0 Å². The number of fused-ring (bicyclic) bond motifs is 3. The van der Waals surface area contributed by atoms with Gasteiger partial charge < -0.3 is 19.9 Å². The first kappa shape index (κ1) is 27.0. The Hall–Kier alpha value is -2.61. The molecule has 2 bridgehead atoms. The van der Waals surface area contributed by atoms with Crippen molar-refractivity contribution in [1.29, 1.82) is 0 Å². The summed E-state index contributed by atoms with van der Waals surface area (Å²) < 4.78 is 7.32. The minimum absolute atomic E-state index is 0.0650. The van der Waals surface area contributed by atoms with Crippen LogP contribution in [-0.2, 0) is 4.74 Å². The van der Waals surface area contributed by atoms with E-state index in [0.717, 1.165) is 23.9 Å². The van der Waals surface area contributed by atoms with E-state index in [1.54, 1.807) is 0 Å². The number of rotatable bonds is 6. The minimum atomic E-state index is -0.546. The van der Waals surface area contributed by atoms with Crippen LogP contribution in [0.4, 0.5) is 10.6 Å².